The van der Waals surface area contributed by atoms with Gasteiger partial charge in [-0.05, 0) is 43.0 Å². The zero-order valence-electron chi connectivity index (χ0n) is 11.0. The summed E-state index contributed by atoms with van der Waals surface area (Å²) in [4.78, 5) is 2.29. The number of rotatable bonds is 2. The van der Waals surface area contributed by atoms with E-state index < -0.39 is 0 Å². The van der Waals surface area contributed by atoms with E-state index >= 15 is 0 Å². The molecule has 4 nitrogen and oxygen atoms in total. The van der Waals surface area contributed by atoms with Crippen LogP contribution in [0.25, 0.3) is 0 Å². The van der Waals surface area contributed by atoms with Crippen LogP contribution in [0.2, 0.25) is 0 Å². The van der Waals surface area contributed by atoms with E-state index in [0.717, 1.165) is 36.3 Å². The molecule has 1 aliphatic rings. The molecule has 1 saturated heterocycles. The van der Waals surface area contributed by atoms with Crippen LogP contribution in [-0.4, -0.2) is 30.1 Å². The molecular formula is C14H21N3O. The lowest BCUT2D eigenvalue weighted by molar-refractivity contribution is 0.0971. The molecule has 0 amide bonds. The van der Waals surface area contributed by atoms with Crippen LogP contribution >= 0.6 is 0 Å². The first-order valence-electron chi connectivity index (χ1n) is 6.37. The molecule has 0 spiro atoms. The summed E-state index contributed by atoms with van der Waals surface area (Å²) in [6, 6.07) is 5.98. The van der Waals surface area contributed by atoms with Crippen LogP contribution in [0.1, 0.15) is 24.5 Å². The van der Waals surface area contributed by atoms with Crippen molar-refractivity contribution in [2.45, 2.75) is 26.4 Å². The fraction of sp³-hybridized carbons (Fsp3) is 0.500. The molecule has 1 aromatic carbocycles. The van der Waals surface area contributed by atoms with Gasteiger partial charge in [0.05, 0.1) is 6.10 Å². The molecule has 1 aliphatic heterocycles. The van der Waals surface area contributed by atoms with Crippen LogP contribution < -0.4 is 10.6 Å². The molecule has 4 heteroatoms. The number of amidine groups is 1. The van der Waals surface area contributed by atoms with Gasteiger partial charge in [0.2, 0.25) is 0 Å². The summed E-state index contributed by atoms with van der Waals surface area (Å²) >= 11 is 0. The Morgan fingerprint density at radius 2 is 2.22 bits per heavy atom. The third-order valence-electron chi connectivity index (χ3n) is 3.73. The van der Waals surface area contributed by atoms with Crippen molar-refractivity contribution >= 4 is 11.5 Å². The normalized spacial score (nSPS) is 24.1. The van der Waals surface area contributed by atoms with E-state index in [4.69, 9.17) is 11.1 Å². The Morgan fingerprint density at radius 3 is 2.78 bits per heavy atom. The van der Waals surface area contributed by atoms with E-state index in [2.05, 4.69) is 17.9 Å². The summed E-state index contributed by atoms with van der Waals surface area (Å²) in [7, 11) is 0. The quantitative estimate of drug-likeness (QED) is 0.547. The van der Waals surface area contributed by atoms with Gasteiger partial charge in [0.25, 0.3) is 0 Å². The van der Waals surface area contributed by atoms with Crippen LogP contribution in [0, 0.1) is 18.3 Å². The third-order valence-corrected chi connectivity index (χ3v) is 3.73. The van der Waals surface area contributed by atoms with Crippen LogP contribution in [0.15, 0.2) is 18.2 Å². The van der Waals surface area contributed by atoms with E-state index in [0.29, 0.717) is 5.92 Å². The Balaban J connectivity index is 2.19. The molecular weight excluding hydrogens is 226 g/mol. The molecule has 0 bridgehead atoms. The molecule has 1 aromatic rings. The second kappa shape index (κ2) is 4.98. The molecule has 0 aromatic heterocycles. The number of nitrogens with two attached hydrogens (primary N) is 1. The zero-order chi connectivity index (χ0) is 13.3. The topological polar surface area (TPSA) is 73.3 Å². The molecule has 0 saturated carbocycles. The molecule has 1 fully saturated rings. The van der Waals surface area contributed by atoms with Crippen molar-refractivity contribution < 1.29 is 5.11 Å². The summed E-state index contributed by atoms with van der Waals surface area (Å²) in [5.41, 5.74) is 8.49. The Bertz CT molecular complexity index is 458. The van der Waals surface area contributed by atoms with Gasteiger partial charge in [-0.1, -0.05) is 6.92 Å². The molecule has 2 atom stereocenters. The van der Waals surface area contributed by atoms with E-state index in [1.54, 1.807) is 0 Å². The number of nitrogens with one attached hydrogen (secondary N) is 1. The van der Waals surface area contributed by atoms with E-state index in [1.807, 2.05) is 19.1 Å². The fourth-order valence-corrected chi connectivity index (χ4v) is 2.51. The third kappa shape index (κ3) is 2.48. The van der Waals surface area contributed by atoms with Crippen LogP contribution in [0.3, 0.4) is 0 Å². The largest absolute Gasteiger partial charge is 0.393 e. The van der Waals surface area contributed by atoms with Crippen molar-refractivity contribution in [1.29, 1.82) is 5.41 Å². The van der Waals surface area contributed by atoms with Crippen molar-refractivity contribution in [3.05, 3.63) is 29.3 Å². The molecule has 0 aliphatic carbocycles. The van der Waals surface area contributed by atoms with Crippen molar-refractivity contribution in [1.82, 2.24) is 0 Å². The number of hydrogen-bond acceptors (Lipinski definition) is 3. The summed E-state index contributed by atoms with van der Waals surface area (Å²) < 4.78 is 0. The van der Waals surface area contributed by atoms with Gasteiger partial charge in [-0.2, -0.15) is 0 Å². The monoisotopic (exact) mass is 247 g/mol. The summed E-state index contributed by atoms with van der Waals surface area (Å²) in [6.45, 7) is 5.81. The van der Waals surface area contributed by atoms with Crippen molar-refractivity contribution in [2.24, 2.45) is 11.7 Å². The zero-order valence-corrected chi connectivity index (χ0v) is 11.0. The standard InChI is InChI=1S/C14H21N3O/c1-9-7-11(3-4-12(9)14(15)16)17-6-5-13(18)10(2)8-17/h3-4,7,10,13,18H,5-6,8H2,1-2H3,(H3,15,16). The number of anilines is 1. The number of aryl methyl sites for hydroxylation is 1. The van der Waals surface area contributed by atoms with Crippen LogP contribution in [0.5, 0.6) is 0 Å². The van der Waals surface area contributed by atoms with Gasteiger partial charge in [0, 0.05) is 24.3 Å². The van der Waals surface area contributed by atoms with Crippen molar-refractivity contribution in [3.8, 4) is 0 Å². The second-order valence-electron chi connectivity index (χ2n) is 5.19. The highest BCUT2D eigenvalue weighted by atomic mass is 16.3. The van der Waals surface area contributed by atoms with Crippen LogP contribution in [-0.2, 0) is 0 Å². The molecule has 2 unspecified atom stereocenters. The fourth-order valence-electron chi connectivity index (χ4n) is 2.51. The Kier molecular flexibility index (Phi) is 3.57. The average Bonchev–Trinajstić information content (AvgIpc) is 2.32. The van der Waals surface area contributed by atoms with E-state index in [9.17, 15) is 5.11 Å². The number of benzene rings is 1. The average molecular weight is 247 g/mol. The SMILES string of the molecule is Cc1cc(N2CCC(O)C(C)C2)ccc1C(=N)N. The lowest BCUT2D eigenvalue weighted by atomic mass is 9.96. The van der Waals surface area contributed by atoms with Gasteiger partial charge in [0.1, 0.15) is 5.84 Å². The minimum atomic E-state index is -0.182. The highest BCUT2D eigenvalue weighted by Crippen LogP contribution is 2.25. The number of aliphatic hydroxyl groups is 1. The highest BCUT2D eigenvalue weighted by molar-refractivity contribution is 5.96. The smallest absolute Gasteiger partial charge is 0.123 e. The number of nitrogens with zero attached hydrogens (tertiary/aromatic N) is 1. The maximum absolute atomic E-state index is 9.74. The van der Waals surface area contributed by atoms with Crippen LogP contribution in [0.4, 0.5) is 5.69 Å². The molecule has 0 radical (unpaired) electrons. The van der Waals surface area contributed by atoms with Gasteiger partial charge in [-0.15, -0.1) is 0 Å². The minimum absolute atomic E-state index is 0.112. The first kappa shape index (κ1) is 12.9. The lowest BCUT2D eigenvalue weighted by Gasteiger charge is -2.36. The molecule has 1 heterocycles. The van der Waals surface area contributed by atoms with Gasteiger partial charge >= 0.3 is 0 Å². The van der Waals surface area contributed by atoms with Gasteiger partial charge in [0.15, 0.2) is 0 Å². The van der Waals surface area contributed by atoms with E-state index in [1.165, 1.54) is 0 Å². The number of piperidine rings is 1. The maximum Gasteiger partial charge on any atom is 0.123 e. The number of aliphatic hydroxyl groups excluding tert-OH is 1. The highest BCUT2D eigenvalue weighted by Gasteiger charge is 2.24. The van der Waals surface area contributed by atoms with Crippen molar-refractivity contribution in [3.63, 3.8) is 0 Å². The molecule has 2 rings (SSSR count). The number of hydrogen-bond donors (Lipinski definition) is 3. The molecule has 4 N–H and O–H groups in total. The predicted molar refractivity (Wildman–Crippen MR) is 74.2 cm³/mol. The Labute approximate surface area is 108 Å². The van der Waals surface area contributed by atoms with E-state index in [-0.39, 0.29) is 11.9 Å². The molecule has 98 valence electrons. The summed E-state index contributed by atoms with van der Waals surface area (Å²) in [5.74, 6) is 0.410. The Hall–Kier alpha value is -1.55. The van der Waals surface area contributed by atoms with Gasteiger partial charge < -0.3 is 15.7 Å². The predicted octanol–water partition coefficient (Wildman–Crippen LogP) is 1.49. The minimum Gasteiger partial charge on any atom is -0.393 e. The summed E-state index contributed by atoms with van der Waals surface area (Å²) in [6.07, 6.45) is 0.633. The number of nitrogen functional groups attached to an aromatic ring is 1. The lowest BCUT2D eigenvalue weighted by Crippen LogP contribution is -2.42. The second-order valence-corrected chi connectivity index (χ2v) is 5.19. The summed E-state index contributed by atoms with van der Waals surface area (Å²) in [5, 5.41) is 17.2. The Morgan fingerprint density at radius 1 is 1.50 bits per heavy atom. The van der Waals surface area contributed by atoms with Gasteiger partial charge in [-0.3, -0.25) is 5.41 Å². The van der Waals surface area contributed by atoms with Gasteiger partial charge in [-0.25, -0.2) is 0 Å². The maximum atomic E-state index is 9.74. The molecule has 18 heavy (non-hydrogen) atoms. The van der Waals surface area contributed by atoms with Crippen molar-refractivity contribution in [2.75, 3.05) is 18.0 Å². The first-order valence-corrected chi connectivity index (χ1v) is 6.37. The first-order chi connectivity index (χ1) is 8.49.